The van der Waals surface area contributed by atoms with Crippen molar-refractivity contribution in [1.82, 2.24) is 26.3 Å². The fourth-order valence-electron chi connectivity index (χ4n) is 4.08. The van der Waals surface area contributed by atoms with E-state index in [9.17, 15) is 24.3 Å². The van der Waals surface area contributed by atoms with Gasteiger partial charge in [-0.3, -0.25) is 14.4 Å². The lowest BCUT2D eigenvalue weighted by Crippen LogP contribution is -2.57. The molecule has 2 heterocycles. The van der Waals surface area contributed by atoms with E-state index in [2.05, 4.69) is 26.3 Å². The Morgan fingerprint density at radius 1 is 1.06 bits per heavy atom. The number of aromatic amines is 1. The average Bonchev–Trinajstić information content (AvgIpc) is 3.47. The van der Waals surface area contributed by atoms with E-state index in [-0.39, 0.29) is 24.3 Å². The molecule has 1 aromatic carbocycles. The minimum Gasteiger partial charge on any atom is -0.480 e. The fraction of sp³-hybridized carbons (Fsp3) is 0.500. The van der Waals surface area contributed by atoms with E-state index < -0.39 is 35.9 Å². The summed E-state index contributed by atoms with van der Waals surface area (Å²) in [5.41, 5.74) is 1.64. The van der Waals surface area contributed by atoms with Crippen molar-refractivity contribution in [1.29, 1.82) is 0 Å². The molecule has 0 spiro atoms. The van der Waals surface area contributed by atoms with Crippen molar-refractivity contribution in [3.05, 3.63) is 36.0 Å². The van der Waals surface area contributed by atoms with Crippen LogP contribution in [0.4, 0.5) is 0 Å². The molecule has 0 radical (unpaired) electrons. The van der Waals surface area contributed by atoms with Crippen LogP contribution >= 0.6 is 0 Å². The Bertz CT molecular complexity index is 1040. The summed E-state index contributed by atoms with van der Waals surface area (Å²) in [5, 5.41) is 21.5. The topological polar surface area (TPSA) is 152 Å². The third-order valence-corrected chi connectivity index (χ3v) is 6.09. The number of fused-ring (bicyclic) bond motifs is 1. The van der Waals surface area contributed by atoms with Crippen LogP contribution in [0.15, 0.2) is 30.5 Å². The molecule has 1 aromatic heterocycles. The highest BCUT2D eigenvalue weighted by Gasteiger charge is 2.31. The molecule has 184 valence electrons. The Labute approximate surface area is 198 Å². The van der Waals surface area contributed by atoms with Crippen molar-refractivity contribution in [2.45, 2.75) is 64.2 Å². The lowest BCUT2D eigenvalue weighted by atomic mass is 10.0. The largest absolute Gasteiger partial charge is 0.480 e. The first-order chi connectivity index (χ1) is 16.2. The van der Waals surface area contributed by atoms with Crippen LogP contribution in [0.2, 0.25) is 0 Å². The summed E-state index contributed by atoms with van der Waals surface area (Å²) in [5.74, 6) is -2.73. The van der Waals surface area contributed by atoms with Crippen LogP contribution < -0.4 is 21.3 Å². The van der Waals surface area contributed by atoms with Crippen molar-refractivity contribution in [2.75, 3.05) is 6.54 Å². The number of nitrogens with one attached hydrogen (secondary N) is 5. The number of hydrogen-bond acceptors (Lipinski definition) is 5. The zero-order valence-corrected chi connectivity index (χ0v) is 19.7. The number of aliphatic carboxylic acids is 1. The highest BCUT2D eigenvalue weighted by molar-refractivity contribution is 5.94. The number of carbonyl (C=O) groups excluding carboxylic acids is 3. The molecule has 10 nitrogen and oxygen atoms in total. The number of carboxylic acids is 1. The SMILES string of the molecule is CC(NC(=O)C(NC(=O)C1CCCN1)C(C)C)C(=O)NC(Cc1c[nH]c2ccccc12)C(=O)O. The lowest BCUT2D eigenvalue weighted by molar-refractivity contribution is -0.142. The van der Waals surface area contributed by atoms with Gasteiger partial charge in [0.05, 0.1) is 6.04 Å². The molecule has 0 saturated carbocycles. The van der Waals surface area contributed by atoms with Crippen LogP contribution in [0.1, 0.15) is 39.2 Å². The van der Waals surface area contributed by atoms with Gasteiger partial charge in [-0.25, -0.2) is 4.79 Å². The molecule has 3 rings (SSSR count). The van der Waals surface area contributed by atoms with E-state index in [0.717, 1.165) is 29.4 Å². The van der Waals surface area contributed by atoms with Gasteiger partial charge in [-0.05, 0) is 43.9 Å². The number of H-pyrrole nitrogens is 1. The average molecular weight is 472 g/mol. The minimum atomic E-state index is -1.17. The van der Waals surface area contributed by atoms with Gasteiger partial charge in [-0.2, -0.15) is 0 Å². The predicted molar refractivity (Wildman–Crippen MR) is 127 cm³/mol. The highest BCUT2D eigenvalue weighted by atomic mass is 16.4. The number of carbonyl (C=O) groups is 4. The van der Waals surface area contributed by atoms with Gasteiger partial charge in [0.1, 0.15) is 18.1 Å². The molecule has 4 unspecified atom stereocenters. The number of hydrogen-bond donors (Lipinski definition) is 6. The Hall–Kier alpha value is -3.40. The van der Waals surface area contributed by atoms with Gasteiger partial charge < -0.3 is 31.4 Å². The van der Waals surface area contributed by atoms with Crippen molar-refractivity contribution in [3.8, 4) is 0 Å². The van der Waals surface area contributed by atoms with Gasteiger partial charge in [0.2, 0.25) is 17.7 Å². The zero-order chi connectivity index (χ0) is 24.8. The van der Waals surface area contributed by atoms with Crippen molar-refractivity contribution >= 4 is 34.6 Å². The predicted octanol–water partition coefficient (Wildman–Crippen LogP) is 0.677. The summed E-state index contributed by atoms with van der Waals surface area (Å²) < 4.78 is 0. The van der Waals surface area contributed by atoms with E-state index in [1.54, 1.807) is 20.0 Å². The monoisotopic (exact) mass is 471 g/mol. The van der Waals surface area contributed by atoms with E-state index in [4.69, 9.17) is 0 Å². The number of carboxylic acid groups (broad SMARTS) is 1. The molecular formula is C24H33N5O5. The summed E-state index contributed by atoms with van der Waals surface area (Å²) in [4.78, 5) is 52.9. The van der Waals surface area contributed by atoms with Gasteiger partial charge in [-0.15, -0.1) is 0 Å². The number of para-hydroxylation sites is 1. The first-order valence-corrected chi connectivity index (χ1v) is 11.6. The van der Waals surface area contributed by atoms with Crippen LogP contribution in [0.3, 0.4) is 0 Å². The van der Waals surface area contributed by atoms with E-state index >= 15 is 0 Å². The second kappa shape index (κ2) is 11.1. The molecule has 2 aromatic rings. The third-order valence-electron chi connectivity index (χ3n) is 6.09. The smallest absolute Gasteiger partial charge is 0.326 e. The number of amides is 3. The van der Waals surface area contributed by atoms with Crippen molar-refractivity contribution in [2.24, 2.45) is 5.92 Å². The van der Waals surface area contributed by atoms with Gasteiger partial charge >= 0.3 is 5.97 Å². The quantitative estimate of drug-likeness (QED) is 0.300. The Morgan fingerprint density at radius 3 is 2.44 bits per heavy atom. The molecule has 1 saturated heterocycles. The Morgan fingerprint density at radius 2 is 1.79 bits per heavy atom. The highest BCUT2D eigenvalue weighted by Crippen LogP contribution is 2.19. The standard InChI is InChI=1S/C24H33N5O5/c1-13(2)20(29-22(31)18-9-6-10-25-18)23(32)27-14(3)21(30)28-19(24(33)34)11-15-12-26-17-8-5-4-7-16(15)17/h4-5,7-8,12-14,18-20,25-26H,6,9-11H2,1-3H3,(H,27,32)(H,28,30)(H,29,31)(H,33,34). The molecule has 1 aliphatic rings. The van der Waals surface area contributed by atoms with Crippen LogP contribution in [0, 0.1) is 5.92 Å². The molecular weight excluding hydrogens is 438 g/mol. The summed E-state index contributed by atoms with van der Waals surface area (Å²) in [7, 11) is 0. The second-order valence-corrected chi connectivity index (χ2v) is 9.07. The summed E-state index contributed by atoms with van der Waals surface area (Å²) in [6.45, 7) is 5.85. The summed E-state index contributed by atoms with van der Waals surface area (Å²) in [6.07, 6.45) is 3.43. The van der Waals surface area contributed by atoms with E-state index in [1.807, 2.05) is 24.3 Å². The van der Waals surface area contributed by atoms with Crippen LogP contribution in [-0.2, 0) is 25.6 Å². The van der Waals surface area contributed by atoms with E-state index in [1.165, 1.54) is 6.92 Å². The van der Waals surface area contributed by atoms with Gasteiger partial charge in [0.25, 0.3) is 0 Å². The maximum atomic E-state index is 12.8. The molecule has 10 heteroatoms. The lowest BCUT2D eigenvalue weighted by Gasteiger charge is -2.25. The van der Waals surface area contributed by atoms with Crippen molar-refractivity contribution in [3.63, 3.8) is 0 Å². The first-order valence-electron chi connectivity index (χ1n) is 11.6. The fourth-order valence-corrected chi connectivity index (χ4v) is 4.08. The minimum absolute atomic E-state index is 0.0881. The molecule has 4 atom stereocenters. The molecule has 34 heavy (non-hydrogen) atoms. The summed E-state index contributed by atoms with van der Waals surface area (Å²) in [6, 6.07) is 4.21. The number of rotatable bonds is 10. The molecule has 1 aliphatic heterocycles. The Kier molecular flexibility index (Phi) is 8.27. The second-order valence-electron chi connectivity index (χ2n) is 9.07. The van der Waals surface area contributed by atoms with E-state index in [0.29, 0.717) is 6.42 Å². The van der Waals surface area contributed by atoms with Crippen molar-refractivity contribution < 1.29 is 24.3 Å². The third kappa shape index (κ3) is 6.13. The maximum absolute atomic E-state index is 12.8. The van der Waals surface area contributed by atoms with Crippen LogP contribution in [-0.4, -0.2) is 64.5 Å². The molecule has 6 N–H and O–H groups in total. The van der Waals surface area contributed by atoms with Gasteiger partial charge in [-0.1, -0.05) is 32.0 Å². The summed E-state index contributed by atoms with van der Waals surface area (Å²) >= 11 is 0. The molecule has 0 aliphatic carbocycles. The number of benzene rings is 1. The van der Waals surface area contributed by atoms with Gasteiger partial charge in [0, 0.05) is 23.5 Å². The molecule has 1 fully saturated rings. The number of aromatic nitrogens is 1. The van der Waals surface area contributed by atoms with Gasteiger partial charge in [0.15, 0.2) is 0 Å². The normalized spacial score (nSPS) is 18.3. The van der Waals surface area contributed by atoms with Crippen LogP contribution in [0.5, 0.6) is 0 Å². The van der Waals surface area contributed by atoms with Crippen LogP contribution in [0.25, 0.3) is 10.9 Å². The Balaban J connectivity index is 1.60. The first kappa shape index (κ1) is 25.2. The maximum Gasteiger partial charge on any atom is 0.326 e. The zero-order valence-electron chi connectivity index (χ0n) is 19.7. The molecule has 0 bridgehead atoms. The molecule has 3 amide bonds.